The van der Waals surface area contributed by atoms with E-state index in [1.54, 1.807) is 37.2 Å². The minimum atomic E-state index is 0.000694. The third-order valence-corrected chi connectivity index (χ3v) is 9.27. The predicted octanol–water partition coefficient (Wildman–Crippen LogP) is 7.65. The van der Waals surface area contributed by atoms with Crippen molar-refractivity contribution in [1.29, 1.82) is 0 Å². The normalized spacial score (nSPS) is 12.2. The van der Waals surface area contributed by atoms with Crippen molar-refractivity contribution in [3.8, 4) is 0 Å². The standard InChI is InChI=1S/4C9H12N4.C8H11N5/c2*1-9(2,3)8-12-6-4-10-5-11-7(6)13-8;1-9(2,3)8-12-6-7(13-8)11-5-4-10-6;1-9(2,3)8-11-6-4-5-10-13-7(6)12-8;1-8(2,3)7-10-5-4-9-13-12-6(5)11-7/h3*4-5H,1-3H3,(H,10,11,12,13);4-5H,1-3H3,(H,11,12,13);4H,1-3H3,(H,9,10,11,12). The molecule has 10 aromatic heterocycles. The van der Waals surface area contributed by atoms with Crippen molar-refractivity contribution in [3.05, 3.63) is 85.0 Å². The molecule has 0 saturated carbocycles. The Kier molecular flexibility index (Phi) is 13.4. The van der Waals surface area contributed by atoms with Gasteiger partial charge in [-0.25, -0.2) is 54.8 Å². The quantitative estimate of drug-likeness (QED) is 0.0977. The number of fused-ring (bicyclic) bond motifs is 5. The van der Waals surface area contributed by atoms with Gasteiger partial charge in [-0.15, -0.1) is 15.3 Å². The molecule has 10 heterocycles. The second-order valence-electron chi connectivity index (χ2n) is 20.4. The maximum absolute atomic E-state index is 4.38. The van der Waals surface area contributed by atoms with Crippen LogP contribution in [0.2, 0.25) is 0 Å². The van der Waals surface area contributed by atoms with Crippen LogP contribution in [0.1, 0.15) is 133 Å². The van der Waals surface area contributed by atoms with Crippen molar-refractivity contribution >= 4 is 55.9 Å². The highest BCUT2D eigenvalue weighted by Crippen LogP contribution is 2.24. The topological polar surface area (TPSA) is 285 Å². The molecule has 10 rings (SSSR count). The fourth-order valence-electron chi connectivity index (χ4n) is 5.51. The molecule has 0 radical (unpaired) electrons. The zero-order valence-electron chi connectivity index (χ0n) is 39.9. The Balaban J connectivity index is 0.000000135. The number of hydrogen-bond acceptors (Lipinski definition) is 16. The molecule has 21 heteroatoms. The number of nitrogens with zero attached hydrogens (tertiary/aromatic N) is 16. The summed E-state index contributed by atoms with van der Waals surface area (Å²) in [4.78, 5) is 61.9. The molecule has 0 aliphatic carbocycles. The molecule has 0 unspecified atom stereocenters. The zero-order chi connectivity index (χ0) is 47.4. The first kappa shape index (κ1) is 47.2. The van der Waals surface area contributed by atoms with Crippen LogP contribution >= 0.6 is 0 Å². The molecule has 340 valence electrons. The van der Waals surface area contributed by atoms with Crippen molar-refractivity contribution in [2.75, 3.05) is 0 Å². The van der Waals surface area contributed by atoms with Gasteiger partial charge < -0.3 is 24.9 Å². The van der Waals surface area contributed by atoms with Crippen LogP contribution in [0.15, 0.2) is 55.9 Å². The summed E-state index contributed by atoms with van der Waals surface area (Å²) < 4.78 is 0. The average Bonchev–Trinajstić information content (AvgIpc) is 4.07. The third kappa shape index (κ3) is 12.2. The molecule has 0 bridgehead atoms. The Labute approximate surface area is 376 Å². The molecule has 65 heavy (non-hydrogen) atoms. The number of hydrogen-bond donors (Lipinski definition) is 5. The van der Waals surface area contributed by atoms with Crippen LogP contribution in [0.25, 0.3) is 55.9 Å². The molecule has 0 amide bonds. The van der Waals surface area contributed by atoms with Gasteiger partial charge in [0, 0.05) is 39.5 Å². The number of rotatable bonds is 0. The molecule has 10 aromatic rings. The van der Waals surface area contributed by atoms with Crippen LogP contribution in [0, 0.1) is 0 Å². The van der Waals surface area contributed by atoms with Crippen molar-refractivity contribution in [3.63, 3.8) is 0 Å². The van der Waals surface area contributed by atoms with E-state index in [0.29, 0.717) is 16.9 Å². The van der Waals surface area contributed by atoms with Crippen LogP contribution in [0.4, 0.5) is 0 Å². The minimum absolute atomic E-state index is 0.000694. The summed E-state index contributed by atoms with van der Waals surface area (Å²) >= 11 is 0. The number of imidazole rings is 5. The van der Waals surface area contributed by atoms with Crippen molar-refractivity contribution < 1.29 is 0 Å². The van der Waals surface area contributed by atoms with Crippen molar-refractivity contribution in [1.82, 2.24) is 105 Å². The van der Waals surface area contributed by atoms with Crippen LogP contribution in [-0.2, 0) is 27.1 Å². The van der Waals surface area contributed by atoms with E-state index in [0.717, 1.165) is 68.1 Å². The Bertz CT molecular complexity index is 2450. The molecule has 0 fully saturated rings. The van der Waals surface area contributed by atoms with Gasteiger partial charge in [-0.3, -0.25) is 0 Å². The van der Waals surface area contributed by atoms with E-state index in [4.69, 9.17) is 0 Å². The molecule has 0 aliphatic rings. The lowest BCUT2D eigenvalue weighted by Crippen LogP contribution is -2.13. The summed E-state index contributed by atoms with van der Waals surface area (Å²) in [6.07, 6.45) is 13.1. The Morgan fingerprint density at radius 2 is 0.754 bits per heavy atom. The lowest BCUT2D eigenvalue weighted by atomic mass is 9.96. The fourth-order valence-corrected chi connectivity index (χ4v) is 5.51. The van der Waals surface area contributed by atoms with E-state index in [9.17, 15) is 0 Å². The van der Waals surface area contributed by atoms with E-state index < -0.39 is 0 Å². The Morgan fingerprint density at radius 1 is 0.354 bits per heavy atom. The molecule has 5 N–H and O–H groups in total. The number of aromatic amines is 5. The summed E-state index contributed by atoms with van der Waals surface area (Å²) in [5.41, 5.74) is 7.90. The summed E-state index contributed by atoms with van der Waals surface area (Å²) in [5, 5.41) is 18.7. The number of nitrogens with one attached hydrogen (secondary N) is 5. The number of aromatic nitrogens is 21. The lowest BCUT2D eigenvalue weighted by Gasteiger charge is -2.13. The first-order valence-corrected chi connectivity index (χ1v) is 21.1. The second-order valence-corrected chi connectivity index (χ2v) is 20.4. The molecule has 21 nitrogen and oxygen atoms in total. The van der Waals surface area contributed by atoms with Crippen LogP contribution < -0.4 is 0 Å². The Morgan fingerprint density at radius 3 is 1.18 bits per heavy atom. The van der Waals surface area contributed by atoms with Gasteiger partial charge in [0.15, 0.2) is 28.2 Å². The van der Waals surface area contributed by atoms with Gasteiger partial charge in [0.25, 0.3) is 0 Å². The third-order valence-electron chi connectivity index (χ3n) is 9.27. The van der Waals surface area contributed by atoms with Gasteiger partial charge in [-0.1, -0.05) is 104 Å². The summed E-state index contributed by atoms with van der Waals surface area (Å²) in [7, 11) is 0. The first-order chi connectivity index (χ1) is 30.4. The molecule has 0 spiro atoms. The lowest BCUT2D eigenvalue weighted by molar-refractivity contribution is 0.554. The van der Waals surface area contributed by atoms with Gasteiger partial charge in [0.05, 0.1) is 30.3 Å². The van der Waals surface area contributed by atoms with E-state index in [1.165, 1.54) is 12.7 Å². The second kappa shape index (κ2) is 18.4. The van der Waals surface area contributed by atoms with Crippen LogP contribution in [0.3, 0.4) is 0 Å². The highest BCUT2D eigenvalue weighted by atomic mass is 15.3. The van der Waals surface area contributed by atoms with Gasteiger partial charge in [-0.2, -0.15) is 5.10 Å². The predicted molar refractivity (Wildman–Crippen MR) is 250 cm³/mol. The average molecular weight is 882 g/mol. The number of H-pyrrole nitrogens is 5. The van der Waals surface area contributed by atoms with Crippen molar-refractivity contribution in [2.45, 2.75) is 131 Å². The van der Waals surface area contributed by atoms with E-state index in [-0.39, 0.29) is 27.1 Å². The zero-order valence-corrected chi connectivity index (χ0v) is 39.9. The molecular weight excluding hydrogens is 823 g/mol. The van der Waals surface area contributed by atoms with E-state index in [2.05, 4.69) is 209 Å². The minimum Gasteiger partial charge on any atom is -0.340 e. The summed E-state index contributed by atoms with van der Waals surface area (Å²) in [6, 6.07) is 1.88. The van der Waals surface area contributed by atoms with Crippen LogP contribution in [0.5, 0.6) is 0 Å². The maximum atomic E-state index is 4.38. The SMILES string of the molecule is CC(C)(C)c1nc2nccnc2[nH]1.CC(C)(C)c1nc2ncncc2[nH]1.CC(C)(C)c1nc2ncncc2[nH]1.CC(C)(C)c1nc2nnccc2[nH]1.CC(C)(C)c1nc2nnncc2[nH]1. The smallest absolute Gasteiger partial charge is 0.203 e. The van der Waals surface area contributed by atoms with Gasteiger partial charge in [-0.05, 0) is 11.3 Å². The van der Waals surface area contributed by atoms with E-state index in [1.807, 2.05) is 6.07 Å². The molecular formula is C44H59N21. The highest BCUT2D eigenvalue weighted by Gasteiger charge is 2.22. The summed E-state index contributed by atoms with van der Waals surface area (Å²) in [5.74, 6) is 4.67. The van der Waals surface area contributed by atoms with Crippen LogP contribution in [-0.4, -0.2) is 105 Å². The van der Waals surface area contributed by atoms with E-state index >= 15 is 0 Å². The largest absolute Gasteiger partial charge is 0.340 e. The van der Waals surface area contributed by atoms with Gasteiger partial charge >= 0.3 is 0 Å². The maximum Gasteiger partial charge on any atom is 0.203 e. The van der Waals surface area contributed by atoms with Crippen molar-refractivity contribution in [2.24, 2.45) is 0 Å². The molecule has 0 aromatic carbocycles. The molecule has 0 aliphatic heterocycles. The highest BCUT2D eigenvalue weighted by molar-refractivity contribution is 5.71. The molecule has 0 saturated heterocycles. The van der Waals surface area contributed by atoms with Gasteiger partial charge in [0.2, 0.25) is 5.65 Å². The molecule has 0 atom stereocenters. The fraction of sp³-hybridized carbons (Fsp3) is 0.455. The van der Waals surface area contributed by atoms with Gasteiger partial charge in [0.1, 0.15) is 58.3 Å². The monoisotopic (exact) mass is 882 g/mol. The first-order valence-electron chi connectivity index (χ1n) is 21.1. The summed E-state index contributed by atoms with van der Waals surface area (Å²) in [6.45, 7) is 31.6. The Hall–Kier alpha value is -7.32.